The number of carbonyl (C=O) groups is 1. The van der Waals surface area contributed by atoms with Crippen LogP contribution >= 0.6 is 0 Å². The third-order valence-corrected chi connectivity index (χ3v) is 4.35. The number of methoxy groups -OCH3 is 2. The summed E-state index contributed by atoms with van der Waals surface area (Å²) in [4.78, 5) is 14.9. The SMILES string of the molecule is COc1ccc(C(=O)N(CC2CCCO2)c2ccccc2)cc1OC. The van der Waals surface area contributed by atoms with E-state index in [1.165, 1.54) is 0 Å². The maximum Gasteiger partial charge on any atom is 0.258 e. The lowest BCUT2D eigenvalue weighted by Gasteiger charge is -2.26. The predicted octanol–water partition coefficient (Wildman–Crippen LogP) is 3.53. The van der Waals surface area contributed by atoms with Gasteiger partial charge in [0.1, 0.15) is 0 Å². The zero-order valence-electron chi connectivity index (χ0n) is 14.6. The second kappa shape index (κ2) is 8.03. The Morgan fingerprint density at radius 3 is 2.52 bits per heavy atom. The van der Waals surface area contributed by atoms with Gasteiger partial charge in [-0.1, -0.05) is 18.2 Å². The molecule has 5 nitrogen and oxygen atoms in total. The number of para-hydroxylation sites is 1. The summed E-state index contributed by atoms with van der Waals surface area (Å²) >= 11 is 0. The van der Waals surface area contributed by atoms with Crippen LogP contribution in [0.5, 0.6) is 11.5 Å². The van der Waals surface area contributed by atoms with Crippen molar-refractivity contribution in [2.24, 2.45) is 0 Å². The van der Waals surface area contributed by atoms with E-state index in [0.717, 1.165) is 25.1 Å². The van der Waals surface area contributed by atoms with Crippen molar-refractivity contribution < 1.29 is 19.0 Å². The lowest BCUT2D eigenvalue weighted by Crippen LogP contribution is -2.37. The van der Waals surface area contributed by atoms with Gasteiger partial charge in [-0.2, -0.15) is 0 Å². The lowest BCUT2D eigenvalue weighted by atomic mass is 10.1. The number of ether oxygens (including phenoxy) is 3. The molecule has 25 heavy (non-hydrogen) atoms. The van der Waals surface area contributed by atoms with Gasteiger partial charge in [0.2, 0.25) is 0 Å². The molecule has 0 N–H and O–H groups in total. The molecule has 132 valence electrons. The Hall–Kier alpha value is -2.53. The fourth-order valence-electron chi connectivity index (χ4n) is 3.03. The third kappa shape index (κ3) is 3.94. The average molecular weight is 341 g/mol. The highest BCUT2D eigenvalue weighted by Gasteiger charge is 2.25. The maximum atomic E-state index is 13.2. The zero-order chi connectivity index (χ0) is 17.6. The van der Waals surface area contributed by atoms with Crippen LogP contribution in [0.25, 0.3) is 0 Å². The number of nitrogens with zero attached hydrogens (tertiary/aromatic N) is 1. The maximum absolute atomic E-state index is 13.2. The van der Waals surface area contributed by atoms with E-state index in [4.69, 9.17) is 14.2 Å². The van der Waals surface area contributed by atoms with E-state index in [2.05, 4.69) is 0 Å². The van der Waals surface area contributed by atoms with E-state index < -0.39 is 0 Å². The van der Waals surface area contributed by atoms with Crippen molar-refractivity contribution in [2.45, 2.75) is 18.9 Å². The molecule has 0 aromatic heterocycles. The summed E-state index contributed by atoms with van der Waals surface area (Å²) in [6, 6.07) is 14.9. The van der Waals surface area contributed by atoms with E-state index in [-0.39, 0.29) is 12.0 Å². The van der Waals surface area contributed by atoms with Crippen molar-refractivity contribution in [3.8, 4) is 11.5 Å². The molecule has 5 heteroatoms. The Labute approximate surface area is 148 Å². The van der Waals surface area contributed by atoms with Gasteiger partial charge in [-0.3, -0.25) is 4.79 Å². The first-order valence-electron chi connectivity index (χ1n) is 8.43. The summed E-state index contributed by atoms with van der Waals surface area (Å²) in [5.74, 6) is 1.06. The summed E-state index contributed by atoms with van der Waals surface area (Å²) < 4.78 is 16.3. The summed E-state index contributed by atoms with van der Waals surface area (Å²) in [5.41, 5.74) is 1.41. The molecule has 1 unspecified atom stereocenters. The van der Waals surface area contributed by atoms with Gasteiger partial charge in [-0.05, 0) is 43.2 Å². The van der Waals surface area contributed by atoms with Crippen LogP contribution in [0.2, 0.25) is 0 Å². The highest BCUT2D eigenvalue weighted by atomic mass is 16.5. The van der Waals surface area contributed by atoms with Crippen molar-refractivity contribution in [1.29, 1.82) is 0 Å². The number of rotatable bonds is 6. The van der Waals surface area contributed by atoms with Gasteiger partial charge in [0.15, 0.2) is 11.5 Å². The summed E-state index contributed by atoms with van der Waals surface area (Å²) in [5, 5.41) is 0. The topological polar surface area (TPSA) is 48.0 Å². The smallest absolute Gasteiger partial charge is 0.258 e. The van der Waals surface area contributed by atoms with Crippen LogP contribution in [0.3, 0.4) is 0 Å². The molecule has 0 aliphatic carbocycles. The molecule has 0 spiro atoms. The molecule has 0 radical (unpaired) electrons. The van der Waals surface area contributed by atoms with Gasteiger partial charge in [-0.15, -0.1) is 0 Å². The molecule has 3 rings (SSSR count). The molecule has 2 aromatic rings. The molecular weight excluding hydrogens is 318 g/mol. The fourth-order valence-corrected chi connectivity index (χ4v) is 3.03. The Morgan fingerprint density at radius 1 is 1.12 bits per heavy atom. The van der Waals surface area contributed by atoms with E-state index in [1.807, 2.05) is 30.3 Å². The van der Waals surface area contributed by atoms with Crippen LogP contribution < -0.4 is 14.4 Å². The molecule has 1 amide bonds. The second-order valence-electron chi connectivity index (χ2n) is 5.96. The first-order chi connectivity index (χ1) is 12.2. The van der Waals surface area contributed by atoms with Crippen LogP contribution in [0, 0.1) is 0 Å². The highest BCUT2D eigenvalue weighted by Crippen LogP contribution is 2.29. The second-order valence-corrected chi connectivity index (χ2v) is 5.96. The first kappa shape index (κ1) is 17.3. The quantitative estimate of drug-likeness (QED) is 0.806. The Balaban J connectivity index is 1.90. The Morgan fingerprint density at radius 2 is 1.88 bits per heavy atom. The van der Waals surface area contributed by atoms with Gasteiger partial charge in [0.25, 0.3) is 5.91 Å². The van der Waals surface area contributed by atoms with Gasteiger partial charge in [0, 0.05) is 17.9 Å². The molecule has 0 saturated carbocycles. The number of hydrogen-bond acceptors (Lipinski definition) is 4. The normalized spacial score (nSPS) is 16.5. The van der Waals surface area contributed by atoms with Crippen molar-refractivity contribution in [3.05, 3.63) is 54.1 Å². The molecule has 2 aromatic carbocycles. The summed E-state index contributed by atoms with van der Waals surface area (Å²) in [7, 11) is 3.14. The highest BCUT2D eigenvalue weighted by molar-refractivity contribution is 6.06. The fraction of sp³-hybridized carbons (Fsp3) is 0.350. The zero-order valence-corrected chi connectivity index (χ0v) is 14.6. The van der Waals surface area contributed by atoms with Crippen molar-refractivity contribution in [1.82, 2.24) is 0 Å². The number of hydrogen-bond donors (Lipinski definition) is 0. The Kier molecular flexibility index (Phi) is 5.56. The van der Waals surface area contributed by atoms with Crippen LogP contribution in [-0.2, 0) is 4.74 Å². The van der Waals surface area contributed by atoms with E-state index in [0.29, 0.717) is 23.6 Å². The molecule has 1 fully saturated rings. The lowest BCUT2D eigenvalue weighted by molar-refractivity contribution is 0.0917. The summed E-state index contributed by atoms with van der Waals surface area (Å²) in [6.45, 7) is 1.30. The predicted molar refractivity (Wildman–Crippen MR) is 96.6 cm³/mol. The molecule has 1 aliphatic heterocycles. The number of benzene rings is 2. The van der Waals surface area contributed by atoms with Crippen molar-refractivity contribution >= 4 is 11.6 Å². The number of anilines is 1. The number of amides is 1. The van der Waals surface area contributed by atoms with E-state index in [9.17, 15) is 4.79 Å². The van der Waals surface area contributed by atoms with Gasteiger partial charge in [-0.25, -0.2) is 0 Å². The molecule has 0 bridgehead atoms. The molecule has 1 atom stereocenters. The minimum Gasteiger partial charge on any atom is -0.493 e. The van der Waals surface area contributed by atoms with E-state index in [1.54, 1.807) is 37.3 Å². The Bertz CT molecular complexity index is 711. The molecular formula is C20H23NO4. The van der Waals surface area contributed by atoms with Crippen molar-refractivity contribution in [3.63, 3.8) is 0 Å². The third-order valence-electron chi connectivity index (χ3n) is 4.35. The van der Waals surface area contributed by atoms with Crippen LogP contribution in [-0.4, -0.2) is 39.4 Å². The largest absolute Gasteiger partial charge is 0.493 e. The summed E-state index contributed by atoms with van der Waals surface area (Å²) in [6.07, 6.45) is 2.09. The first-order valence-corrected chi connectivity index (χ1v) is 8.43. The average Bonchev–Trinajstić information content (AvgIpc) is 3.19. The minimum atomic E-state index is -0.0809. The van der Waals surface area contributed by atoms with Gasteiger partial charge >= 0.3 is 0 Å². The minimum absolute atomic E-state index is 0.0734. The monoisotopic (exact) mass is 341 g/mol. The van der Waals surface area contributed by atoms with Crippen molar-refractivity contribution in [2.75, 3.05) is 32.3 Å². The van der Waals surface area contributed by atoms with E-state index >= 15 is 0 Å². The standard InChI is InChI=1S/C20H23NO4/c1-23-18-11-10-15(13-19(18)24-2)20(22)21(14-17-9-6-12-25-17)16-7-4-3-5-8-16/h3-5,7-8,10-11,13,17H,6,9,12,14H2,1-2H3. The van der Waals surface area contributed by atoms with Crippen LogP contribution in [0.1, 0.15) is 23.2 Å². The van der Waals surface area contributed by atoms with Gasteiger partial charge < -0.3 is 19.1 Å². The molecule has 1 heterocycles. The number of carbonyl (C=O) groups excluding carboxylic acids is 1. The van der Waals surface area contributed by atoms with Crippen LogP contribution in [0.15, 0.2) is 48.5 Å². The molecule has 1 aliphatic rings. The van der Waals surface area contributed by atoms with Gasteiger partial charge in [0.05, 0.1) is 26.9 Å². The van der Waals surface area contributed by atoms with Crippen LogP contribution in [0.4, 0.5) is 5.69 Å². The molecule has 1 saturated heterocycles.